The first-order valence-electron chi connectivity index (χ1n) is 5.94. The lowest BCUT2D eigenvalue weighted by atomic mass is 10.3. The first-order valence-corrected chi connectivity index (χ1v) is 6.73. The molecule has 0 bridgehead atoms. The molecule has 1 aromatic rings. The average Bonchev–Trinajstić information content (AvgIpc) is 2.34. The molecule has 0 aliphatic rings. The van der Waals surface area contributed by atoms with Crippen molar-refractivity contribution < 1.29 is 13.9 Å². The normalized spacial score (nSPS) is 12.0. The fourth-order valence-electron chi connectivity index (χ4n) is 1.34. The van der Waals surface area contributed by atoms with Crippen LogP contribution < -0.4 is 10.1 Å². The summed E-state index contributed by atoms with van der Waals surface area (Å²) >= 11 is 3.07. The second-order valence-electron chi connectivity index (χ2n) is 3.98. The van der Waals surface area contributed by atoms with Crippen molar-refractivity contribution in [1.82, 2.24) is 5.32 Å². The quantitative estimate of drug-likeness (QED) is 0.818. The van der Waals surface area contributed by atoms with E-state index in [4.69, 9.17) is 4.74 Å². The molecule has 0 aromatic heterocycles. The standard InChI is InChI=1S/C13H17BrFNO2/c1-3-4-7-16-13(17)9(2)18-10-5-6-12(15)11(14)8-10/h5-6,8-9H,3-4,7H2,1-2H3,(H,16,17). The zero-order chi connectivity index (χ0) is 13.5. The van der Waals surface area contributed by atoms with E-state index in [1.807, 2.05) is 0 Å². The van der Waals surface area contributed by atoms with Crippen molar-refractivity contribution in [3.63, 3.8) is 0 Å². The van der Waals surface area contributed by atoms with Gasteiger partial charge in [0.15, 0.2) is 6.10 Å². The summed E-state index contributed by atoms with van der Waals surface area (Å²) in [4.78, 5) is 11.7. The highest BCUT2D eigenvalue weighted by molar-refractivity contribution is 9.10. The molecule has 100 valence electrons. The van der Waals surface area contributed by atoms with Gasteiger partial charge in [0.1, 0.15) is 11.6 Å². The van der Waals surface area contributed by atoms with Gasteiger partial charge in [-0.1, -0.05) is 13.3 Å². The van der Waals surface area contributed by atoms with Crippen LogP contribution in [0.5, 0.6) is 5.75 Å². The van der Waals surface area contributed by atoms with Gasteiger partial charge in [0, 0.05) is 6.54 Å². The SMILES string of the molecule is CCCCNC(=O)C(C)Oc1ccc(F)c(Br)c1. The summed E-state index contributed by atoms with van der Waals surface area (Å²) in [6.45, 7) is 4.37. The first-order chi connectivity index (χ1) is 8.54. The predicted molar refractivity (Wildman–Crippen MR) is 72.1 cm³/mol. The molecule has 1 atom stereocenters. The Bertz CT molecular complexity index is 412. The summed E-state index contributed by atoms with van der Waals surface area (Å²) in [5.41, 5.74) is 0. The van der Waals surface area contributed by atoms with Gasteiger partial charge in [0.25, 0.3) is 5.91 Å². The van der Waals surface area contributed by atoms with Gasteiger partial charge in [-0.15, -0.1) is 0 Å². The van der Waals surface area contributed by atoms with Crippen LogP contribution >= 0.6 is 15.9 Å². The van der Waals surface area contributed by atoms with E-state index < -0.39 is 6.10 Å². The first kappa shape index (κ1) is 15.0. The maximum atomic E-state index is 13.0. The van der Waals surface area contributed by atoms with Crippen LogP contribution in [0.4, 0.5) is 4.39 Å². The van der Waals surface area contributed by atoms with Gasteiger partial charge in [-0.2, -0.15) is 0 Å². The number of carbonyl (C=O) groups excluding carboxylic acids is 1. The van der Waals surface area contributed by atoms with Crippen LogP contribution in [0.25, 0.3) is 0 Å². The van der Waals surface area contributed by atoms with Crippen LogP contribution in [0.15, 0.2) is 22.7 Å². The van der Waals surface area contributed by atoms with Crippen molar-refractivity contribution >= 4 is 21.8 Å². The van der Waals surface area contributed by atoms with Crippen LogP contribution in [0.3, 0.4) is 0 Å². The van der Waals surface area contributed by atoms with Crippen molar-refractivity contribution in [2.24, 2.45) is 0 Å². The maximum absolute atomic E-state index is 13.0. The molecule has 0 heterocycles. The Balaban J connectivity index is 2.50. The summed E-state index contributed by atoms with van der Waals surface area (Å²) in [6.07, 6.45) is 1.38. The van der Waals surface area contributed by atoms with Gasteiger partial charge in [0.2, 0.25) is 0 Å². The van der Waals surface area contributed by atoms with Crippen LogP contribution in [-0.2, 0) is 4.79 Å². The van der Waals surface area contributed by atoms with E-state index in [0.29, 0.717) is 16.8 Å². The number of benzene rings is 1. The summed E-state index contributed by atoms with van der Waals surface area (Å²) < 4.78 is 18.8. The number of nitrogens with one attached hydrogen (secondary N) is 1. The molecular formula is C13H17BrFNO2. The van der Waals surface area contributed by atoms with Gasteiger partial charge in [-0.05, 0) is 47.5 Å². The van der Waals surface area contributed by atoms with Gasteiger partial charge >= 0.3 is 0 Å². The van der Waals surface area contributed by atoms with Gasteiger partial charge in [0.05, 0.1) is 4.47 Å². The number of ether oxygens (including phenoxy) is 1. The van der Waals surface area contributed by atoms with E-state index in [1.165, 1.54) is 18.2 Å². The molecular weight excluding hydrogens is 301 g/mol. The van der Waals surface area contributed by atoms with Crippen LogP contribution in [0.1, 0.15) is 26.7 Å². The zero-order valence-electron chi connectivity index (χ0n) is 10.5. The highest BCUT2D eigenvalue weighted by atomic mass is 79.9. The third-order valence-corrected chi connectivity index (χ3v) is 3.01. The van der Waals surface area contributed by atoms with Crippen molar-refractivity contribution in [2.45, 2.75) is 32.8 Å². The van der Waals surface area contributed by atoms with Crippen LogP contribution in [0.2, 0.25) is 0 Å². The Labute approximate surface area is 115 Å². The molecule has 1 amide bonds. The highest BCUT2D eigenvalue weighted by Gasteiger charge is 2.14. The average molecular weight is 318 g/mol. The fraction of sp³-hybridized carbons (Fsp3) is 0.462. The Morgan fingerprint density at radius 1 is 1.56 bits per heavy atom. The van der Waals surface area contributed by atoms with Crippen molar-refractivity contribution in [3.8, 4) is 5.75 Å². The highest BCUT2D eigenvalue weighted by Crippen LogP contribution is 2.22. The third-order valence-electron chi connectivity index (χ3n) is 2.40. The van der Waals surface area contributed by atoms with Gasteiger partial charge < -0.3 is 10.1 Å². The van der Waals surface area contributed by atoms with Gasteiger partial charge in [-0.25, -0.2) is 4.39 Å². The smallest absolute Gasteiger partial charge is 0.260 e. The van der Waals surface area contributed by atoms with E-state index in [9.17, 15) is 9.18 Å². The van der Waals surface area contributed by atoms with Crippen LogP contribution in [0, 0.1) is 5.82 Å². The molecule has 1 N–H and O–H groups in total. The second-order valence-corrected chi connectivity index (χ2v) is 4.83. The summed E-state index contributed by atoms with van der Waals surface area (Å²) in [5, 5.41) is 2.78. The number of rotatable bonds is 6. The van der Waals surface area contributed by atoms with Crippen molar-refractivity contribution in [2.75, 3.05) is 6.54 Å². The molecule has 0 radical (unpaired) electrons. The maximum Gasteiger partial charge on any atom is 0.260 e. The molecule has 5 heteroatoms. The molecule has 0 saturated heterocycles. The second kappa shape index (κ2) is 7.36. The molecule has 1 aromatic carbocycles. The van der Waals surface area contributed by atoms with E-state index in [-0.39, 0.29) is 11.7 Å². The Kier molecular flexibility index (Phi) is 6.12. The number of amides is 1. The van der Waals surface area contributed by atoms with E-state index >= 15 is 0 Å². The molecule has 0 aliphatic heterocycles. The Morgan fingerprint density at radius 2 is 2.28 bits per heavy atom. The molecule has 0 spiro atoms. The molecule has 0 aliphatic carbocycles. The summed E-state index contributed by atoms with van der Waals surface area (Å²) in [7, 11) is 0. The lowest BCUT2D eigenvalue weighted by Gasteiger charge is -2.14. The van der Waals surface area contributed by atoms with Gasteiger partial charge in [-0.3, -0.25) is 4.79 Å². The van der Waals surface area contributed by atoms with E-state index in [1.54, 1.807) is 6.92 Å². The lowest BCUT2D eigenvalue weighted by molar-refractivity contribution is -0.127. The zero-order valence-corrected chi connectivity index (χ0v) is 12.1. The topological polar surface area (TPSA) is 38.3 Å². The third kappa shape index (κ3) is 4.64. The van der Waals surface area contributed by atoms with E-state index in [2.05, 4.69) is 28.2 Å². The molecule has 0 saturated carbocycles. The van der Waals surface area contributed by atoms with Crippen molar-refractivity contribution in [3.05, 3.63) is 28.5 Å². The lowest BCUT2D eigenvalue weighted by Crippen LogP contribution is -2.36. The minimum atomic E-state index is -0.598. The number of carbonyl (C=O) groups is 1. The number of halogens is 2. The number of hydrogen-bond acceptors (Lipinski definition) is 2. The minimum Gasteiger partial charge on any atom is -0.481 e. The fourth-order valence-corrected chi connectivity index (χ4v) is 1.70. The Morgan fingerprint density at radius 3 is 2.89 bits per heavy atom. The molecule has 18 heavy (non-hydrogen) atoms. The molecule has 3 nitrogen and oxygen atoms in total. The number of hydrogen-bond donors (Lipinski definition) is 1. The monoisotopic (exact) mass is 317 g/mol. The summed E-state index contributed by atoms with van der Waals surface area (Å²) in [5.74, 6) is -0.0623. The van der Waals surface area contributed by atoms with E-state index in [0.717, 1.165) is 12.8 Å². The molecule has 1 rings (SSSR count). The molecule has 1 unspecified atom stereocenters. The number of unbranched alkanes of at least 4 members (excludes halogenated alkanes) is 1. The van der Waals surface area contributed by atoms with Crippen molar-refractivity contribution in [1.29, 1.82) is 0 Å². The largest absolute Gasteiger partial charge is 0.481 e. The molecule has 0 fully saturated rings. The van der Waals surface area contributed by atoms with Crippen LogP contribution in [-0.4, -0.2) is 18.6 Å². The predicted octanol–water partition coefficient (Wildman–Crippen LogP) is 3.27. The minimum absolute atomic E-state index is 0.163. The summed E-state index contributed by atoms with van der Waals surface area (Å²) in [6, 6.07) is 4.29. The Hall–Kier alpha value is -1.10.